The zero-order valence-corrected chi connectivity index (χ0v) is 21.1. The Morgan fingerprint density at radius 1 is 1.06 bits per heavy atom. The van der Waals surface area contributed by atoms with Crippen molar-refractivity contribution in [3.8, 4) is 5.75 Å². The molecule has 2 aromatic carbocycles. The molecule has 2 aliphatic heterocycles. The Bertz CT molecular complexity index is 1330. The van der Waals surface area contributed by atoms with Crippen molar-refractivity contribution in [2.45, 2.75) is 38.5 Å². The third kappa shape index (κ3) is 5.05. The summed E-state index contributed by atoms with van der Waals surface area (Å²) >= 11 is 1.37. The fraction of sp³-hybridized carbons (Fsp3) is 0.417. The van der Waals surface area contributed by atoms with Gasteiger partial charge in [-0.3, -0.25) is 0 Å². The zero-order chi connectivity index (χ0) is 25.6. The van der Waals surface area contributed by atoms with Crippen LogP contribution in [0.25, 0.3) is 10.1 Å². The van der Waals surface area contributed by atoms with Gasteiger partial charge in [-0.15, -0.1) is 24.5 Å². The molecule has 2 saturated heterocycles. The van der Waals surface area contributed by atoms with Crippen molar-refractivity contribution in [2.75, 3.05) is 30.6 Å². The van der Waals surface area contributed by atoms with Crippen LogP contribution < -0.4 is 9.04 Å². The second-order valence-electron chi connectivity index (χ2n) is 8.74. The molecule has 5 rings (SSSR count). The molecule has 194 valence electrons. The highest BCUT2D eigenvalue weighted by molar-refractivity contribution is 7.90. The third-order valence-corrected chi connectivity index (χ3v) is 9.73. The average Bonchev–Trinajstić information content (AvgIpc) is 3.42. The Labute approximate surface area is 211 Å². The summed E-state index contributed by atoms with van der Waals surface area (Å²) in [6.07, 6.45) is -3.95. The molecule has 0 unspecified atom stereocenters. The first-order valence-corrected chi connectivity index (χ1v) is 13.7. The molecule has 0 saturated carbocycles. The number of ether oxygens (including phenoxy) is 3. The van der Waals surface area contributed by atoms with Gasteiger partial charge in [-0.1, -0.05) is 30.3 Å². The molecule has 0 radical (unpaired) electrons. The van der Waals surface area contributed by atoms with Crippen LogP contribution in [-0.4, -0.2) is 51.2 Å². The Hall–Kier alpha value is -2.38. The Kier molecular flexibility index (Phi) is 6.66. The number of hydrogen-bond acceptors (Lipinski definition) is 6. The lowest BCUT2D eigenvalue weighted by atomic mass is 10.1. The maximum absolute atomic E-state index is 14.0. The number of fused-ring (bicyclic) bond motifs is 1. The molecule has 0 N–H and O–H groups in total. The Morgan fingerprint density at radius 2 is 1.69 bits per heavy atom. The van der Waals surface area contributed by atoms with Crippen molar-refractivity contribution in [3.63, 3.8) is 0 Å². The average molecular weight is 543 g/mol. The fourth-order valence-electron chi connectivity index (χ4n) is 4.60. The van der Waals surface area contributed by atoms with Gasteiger partial charge >= 0.3 is 16.6 Å². The van der Waals surface area contributed by atoms with Crippen LogP contribution in [0.15, 0.2) is 48.5 Å². The Balaban J connectivity index is 1.47. The molecule has 0 atom stereocenters. The summed E-state index contributed by atoms with van der Waals surface area (Å²) in [4.78, 5) is 0. The van der Waals surface area contributed by atoms with Crippen molar-refractivity contribution < 1.29 is 35.8 Å². The highest BCUT2D eigenvalue weighted by Crippen LogP contribution is 2.41. The number of hydrogen-bond donors (Lipinski definition) is 0. The van der Waals surface area contributed by atoms with E-state index in [9.17, 15) is 21.6 Å². The predicted octanol–water partition coefficient (Wildman–Crippen LogP) is 5.20. The second-order valence-corrected chi connectivity index (χ2v) is 11.6. The van der Waals surface area contributed by atoms with Gasteiger partial charge in [-0.25, -0.2) is 4.31 Å². The van der Waals surface area contributed by atoms with E-state index in [2.05, 4.69) is 4.74 Å². The number of thiophene rings is 1. The molecule has 2 aliphatic rings. The number of benzene rings is 2. The van der Waals surface area contributed by atoms with E-state index in [1.165, 1.54) is 44.2 Å². The molecule has 0 amide bonds. The van der Waals surface area contributed by atoms with E-state index in [1.54, 1.807) is 0 Å². The predicted molar refractivity (Wildman–Crippen MR) is 130 cm³/mol. The number of alkyl halides is 3. The SMILES string of the molecule is Cc1c(N(Cc2ccc(OC(F)(F)F)cc2)S(=O)(=O)N2CCC3(CC2)OCCO3)sc2ccccc12. The summed E-state index contributed by atoms with van der Waals surface area (Å²) in [5, 5.41) is 1.53. The van der Waals surface area contributed by atoms with E-state index in [4.69, 9.17) is 9.47 Å². The highest BCUT2D eigenvalue weighted by Gasteiger charge is 2.44. The lowest BCUT2D eigenvalue weighted by molar-refractivity contribution is -0.274. The minimum absolute atomic E-state index is 0.0447. The zero-order valence-electron chi connectivity index (χ0n) is 19.5. The molecule has 36 heavy (non-hydrogen) atoms. The van der Waals surface area contributed by atoms with E-state index in [1.807, 2.05) is 31.2 Å². The molecule has 3 heterocycles. The number of piperidine rings is 1. The number of halogens is 3. The van der Waals surface area contributed by atoms with Gasteiger partial charge < -0.3 is 14.2 Å². The summed E-state index contributed by atoms with van der Waals surface area (Å²) in [6, 6.07) is 12.9. The lowest BCUT2D eigenvalue weighted by Crippen LogP contribution is -2.51. The fourth-order valence-corrected chi connectivity index (χ4v) is 7.69. The molecule has 0 aliphatic carbocycles. The maximum atomic E-state index is 14.0. The van der Waals surface area contributed by atoms with Gasteiger partial charge in [0.15, 0.2) is 5.79 Å². The largest absolute Gasteiger partial charge is 0.573 e. The molecular formula is C24H25F3N2O5S2. The van der Waals surface area contributed by atoms with Gasteiger partial charge in [-0.05, 0) is 41.6 Å². The van der Waals surface area contributed by atoms with Crippen molar-refractivity contribution in [2.24, 2.45) is 0 Å². The van der Waals surface area contributed by atoms with Gasteiger partial charge in [0.25, 0.3) is 0 Å². The topological polar surface area (TPSA) is 68.3 Å². The number of rotatable bonds is 6. The smallest absolute Gasteiger partial charge is 0.406 e. The third-order valence-electron chi connectivity index (χ3n) is 6.43. The molecule has 12 heteroatoms. The maximum Gasteiger partial charge on any atom is 0.573 e. The van der Waals surface area contributed by atoms with E-state index in [0.29, 0.717) is 36.6 Å². The Morgan fingerprint density at radius 3 is 2.31 bits per heavy atom. The standard InChI is InChI=1S/C24H25F3N2O5S2/c1-17-20-4-2-3-5-21(20)35-22(17)29(16-18-6-8-19(9-7-18)34-24(25,26)27)36(30,31)28-12-10-23(11-13-28)32-14-15-33-23/h2-9H,10-16H2,1H3. The molecule has 3 aromatic rings. The second kappa shape index (κ2) is 9.49. The monoisotopic (exact) mass is 542 g/mol. The summed E-state index contributed by atoms with van der Waals surface area (Å²) in [5.41, 5.74) is 1.35. The van der Waals surface area contributed by atoms with Crippen molar-refractivity contribution in [3.05, 3.63) is 59.7 Å². The van der Waals surface area contributed by atoms with Crippen molar-refractivity contribution in [1.29, 1.82) is 0 Å². The van der Waals surface area contributed by atoms with Gasteiger partial charge in [0.1, 0.15) is 10.8 Å². The van der Waals surface area contributed by atoms with Crippen LogP contribution in [0.2, 0.25) is 0 Å². The normalized spacial score (nSPS) is 18.7. The van der Waals surface area contributed by atoms with E-state index >= 15 is 0 Å². The van der Waals surface area contributed by atoms with Crippen LogP contribution >= 0.6 is 11.3 Å². The summed E-state index contributed by atoms with van der Waals surface area (Å²) in [5.74, 6) is -1.09. The first kappa shape index (κ1) is 25.3. The van der Waals surface area contributed by atoms with Gasteiger partial charge in [0.2, 0.25) is 0 Å². The quantitative estimate of drug-likeness (QED) is 0.429. The number of anilines is 1. The highest BCUT2D eigenvalue weighted by atomic mass is 32.2. The molecule has 1 aromatic heterocycles. The van der Waals surface area contributed by atoms with Crippen LogP contribution in [0.1, 0.15) is 24.0 Å². The van der Waals surface area contributed by atoms with Gasteiger partial charge in [-0.2, -0.15) is 12.7 Å². The summed E-state index contributed by atoms with van der Waals surface area (Å²) < 4.78 is 84.8. The first-order chi connectivity index (χ1) is 17.1. The minimum Gasteiger partial charge on any atom is -0.406 e. The van der Waals surface area contributed by atoms with E-state index in [-0.39, 0.29) is 25.4 Å². The summed E-state index contributed by atoms with van der Waals surface area (Å²) in [7, 11) is -3.98. The molecule has 0 bridgehead atoms. The van der Waals surface area contributed by atoms with Crippen LogP contribution in [-0.2, 0) is 26.2 Å². The molecular weight excluding hydrogens is 517 g/mol. The summed E-state index contributed by atoms with van der Waals surface area (Å²) in [6.45, 7) is 3.30. The van der Waals surface area contributed by atoms with Gasteiger partial charge in [0, 0.05) is 30.6 Å². The van der Waals surface area contributed by atoms with Crippen molar-refractivity contribution in [1.82, 2.24) is 4.31 Å². The van der Waals surface area contributed by atoms with Crippen molar-refractivity contribution >= 4 is 36.6 Å². The first-order valence-electron chi connectivity index (χ1n) is 11.4. The van der Waals surface area contributed by atoms with Crippen LogP contribution in [0.3, 0.4) is 0 Å². The molecule has 1 spiro atoms. The lowest BCUT2D eigenvalue weighted by Gasteiger charge is -2.39. The molecule has 7 nitrogen and oxygen atoms in total. The van der Waals surface area contributed by atoms with E-state index < -0.39 is 22.4 Å². The van der Waals surface area contributed by atoms with Crippen LogP contribution in [0.4, 0.5) is 18.2 Å². The van der Waals surface area contributed by atoms with E-state index in [0.717, 1.165) is 15.6 Å². The minimum atomic E-state index is -4.80. The molecule has 2 fully saturated rings. The number of aryl methyl sites for hydroxylation is 1. The number of nitrogens with zero attached hydrogens (tertiary/aromatic N) is 2. The van der Waals surface area contributed by atoms with Crippen LogP contribution in [0, 0.1) is 6.92 Å². The van der Waals surface area contributed by atoms with Crippen LogP contribution in [0.5, 0.6) is 5.75 Å². The van der Waals surface area contributed by atoms with Gasteiger partial charge in [0.05, 0.1) is 19.8 Å².